The number of hydrogen-bond acceptors (Lipinski definition) is 8. The number of benzene rings is 2. The van der Waals surface area contributed by atoms with Crippen molar-refractivity contribution >= 4 is 56.6 Å². The summed E-state index contributed by atoms with van der Waals surface area (Å²) in [5.74, 6) is -5.34. The van der Waals surface area contributed by atoms with Gasteiger partial charge in [-0.1, -0.05) is 12.6 Å². The minimum Gasteiger partial charge on any atom is -0.337 e. The second-order valence-corrected chi connectivity index (χ2v) is 8.97. The molecule has 2 N–H and O–H groups in total. The molecule has 0 spiro atoms. The fraction of sp³-hybridized carbons (Fsp3) is 0.0800. The maximum atomic E-state index is 15.0. The molecule has 0 unspecified atom stereocenters. The average molecular weight is 638 g/mol. The number of nitrogens with zero attached hydrogens (tertiary/aromatic N) is 5. The summed E-state index contributed by atoms with van der Waals surface area (Å²) in [6, 6.07) is 6.69. The molecule has 0 aliphatic heterocycles. The molecule has 0 fully saturated rings. The molecule has 2 aromatic heterocycles. The summed E-state index contributed by atoms with van der Waals surface area (Å²) in [6.45, 7) is 3.17. The Morgan fingerprint density at radius 1 is 1.10 bits per heavy atom. The smallest absolute Gasteiger partial charge is 0.337 e. The Balaban J connectivity index is 1.77. The van der Waals surface area contributed by atoms with E-state index in [1.807, 2.05) is 0 Å². The Morgan fingerprint density at radius 3 is 2.46 bits per heavy atom. The molecule has 0 saturated carbocycles. The lowest BCUT2D eigenvalue weighted by atomic mass is 10.1. The lowest BCUT2D eigenvalue weighted by molar-refractivity contribution is -0.201. The summed E-state index contributed by atoms with van der Waals surface area (Å²) in [5, 5.41) is 9.68. The van der Waals surface area contributed by atoms with Crippen LogP contribution in [0.1, 0.15) is 0 Å². The molecule has 0 aliphatic rings. The SMILES string of the molecule is C=CC(=O)N(OC(=O)C(F)(F)F)c1ccc(F)c(Nc2nc(Nc3cnn(C)c3)ncc2-c2ccc(F)c(Br)c2)c1. The topological polar surface area (TPSA) is 114 Å². The van der Waals surface area contributed by atoms with Gasteiger partial charge in [0, 0.05) is 25.0 Å². The lowest BCUT2D eigenvalue weighted by Crippen LogP contribution is -2.38. The van der Waals surface area contributed by atoms with Crippen molar-refractivity contribution in [1.29, 1.82) is 0 Å². The van der Waals surface area contributed by atoms with Crippen LogP contribution < -0.4 is 15.7 Å². The Bertz CT molecular complexity index is 1640. The maximum absolute atomic E-state index is 15.0. The van der Waals surface area contributed by atoms with Crippen LogP contribution in [-0.2, 0) is 21.5 Å². The third kappa shape index (κ3) is 6.84. The molecule has 0 saturated heterocycles. The molecule has 0 aliphatic carbocycles. The number of hydroxylamine groups is 1. The van der Waals surface area contributed by atoms with Crippen molar-refractivity contribution in [3.05, 3.63) is 83.8 Å². The van der Waals surface area contributed by atoms with Gasteiger partial charge in [-0.05, 0) is 57.9 Å². The second kappa shape index (κ2) is 11.7. The number of rotatable bonds is 7. The van der Waals surface area contributed by atoms with Crippen LogP contribution in [0, 0.1) is 11.6 Å². The number of alkyl halides is 3. The summed E-state index contributed by atoms with van der Waals surface area (Å²) >= 11 is 3.10. The molecular weight excluding hydrogens is 621 g/mol. The van der Waals surface area contributed by atoms with Gasteiger partial charge in [0.1, 0.15) is 17.5 Å². The van der Waals surface area contributed by atoms with Crippen LogP contribution in [0.2, 0.25) is 0 Å². The first-order chi connectivity index (χ1) is 19.3. The van der Waals surface area contributed by atoms with Crippen LogP contribution in [-0.4, -0.2) is 37.8 Å². The zero-order valence-electron chi connectivity index (χ0n) is 20.7. The molecule has 0 radical (unpaired) electrons. The van der Waals surface area contributed by atoms with E-state index in [0.29, 0.717) is 17.3 Å². The van der Waals surface area contributed by atoms with E-state index in [1.54, 1.807) is 13.2 Å². The van der Waals surface area contributed by atoms with Gasteiger partial charge in [0.05, 0.1) is 27.7 Å². The molecule has 2 heterocycles. The molecular formula is C25H17BrF5N7O3. The van der Waals surface area contributed by atoms with Gasteiger partial charge in [0.25, 0.3) is 5.91 Å². The van der Waals surface area contributed by atoms with Crippen molar-refractivity contribution in [2.75, 3.05) is 15.7 Å². The predicted molar refractivity (Wildman–Crippen MR) is 141 cm³/mol. The van der Waals surface area contributed by atoms with Gasteiger partial charge in [-0.2, -0.15) is 23.3 Å². The minimum absolute atomic E-state index is 0.0147. The van der Waals surface area contributed by atoms with Crippen LogP contribution in [0.5, 0.6) is 0 Å². The van der Waals surface area contributed by atoms with Gasteiger partial charge < -0.3 is 15.5 Å². The number of aryl methyl sites for hydroxylation is 1. The highest BCUT2D eigenvalue weighted by atomic mass is 79.9. The standard InChI is InChI=1S/C25H17BrF5N7O3/c1-3-21(39)38(41-23(40)25(29,30)31)15-5-7-19(28)20(9-15)35-22-16(13-4-6-18(27)17(26)8-13)11-32-24(36-22)34-14-10-33-37(2)12-14/h3-12H,1H2,2H3,(H2,32,34,35,36). The first-order valence-electron chi connectivity index (χ1n) is 11.3. The van der Waals surface area contributed by atoms with Gasteiger partial charge in [0.2, 0.25) is 5.95 Å². The highest BCUT2D eigenvalue weighted by Crippen LogP contribution is 2.34. The molecule has 10 nitrogen and oxygen atoms in total. The Labute approximate surface area is 236 Å². The Kier molecular flexibility index (Phi) is 8.32. The summed E-state index contributed by atoms with van der Waals surface area (Å²) in [4.78, 5) is 36.5. The molecule has 4 rings (SSSR count). The quantitative estimate of drug-likeness (QED) is 0.145. The largest absolute Gasteiger partial charge is 0.493 e. The molecule has 41 heavy (non-hydrogen) atoms. The molecule has 1 amide bonds. The summed E-state index contributed by atoms with van der Waals surface area (Å²) in [5.41, 5.74) is 0.391. The Hall–Kier alpha value is -4.86. The number of carbonyl (C=O) groups is 2. The van der Waals surface area contributed by atoms with Gasteiger partial charge in [-0.15, -0.1) is 5.06 Å². The van der Waals surface area contributed by atoms with Crippen molar-refractivity contribution in [3.8, 4) is 11.1 Å². The predicted octanol–water partition coefficient (Wildman–Crippen LogP) is 5.94. The first kappa shape index (κ1) is 29.1. The molecule has 0 bridgehead atoms. The van der Waals surface area contributed by atoms with Crippen molar-refractivity contribution in [1.82, 2.24) is 19.7 Å². The number of amides is 1. The van der Waals surface area contributed by atoms with Gasteiger partial charge in [0.15, 0.2) is 0 Å². The van der Waals surface area contributed by atoms with E-state index in [-0.39, 0.29) is 32.6 Å². The molecule has 212 valence electrons. The average Bonchev–Trinajstić information content (AvgIpc) is 3.33. The van der Waals surface area contributed by atoms with Crippen molar-refractivity contribution < 1.29 is 36.4 Å². The van der Waals surface area contributed by atoms with E-state index in [2.05, 4.69) is 53.0 Å². The number of hydrogen-bond donors (Lipinski definition) is 2. The van der Waals surface area contributed by atoms with Crippen molar-refractivity contribution in [2.45, 2.75) is 6.18 Å². The molecule has 0 atom stereocenters. The van der Waals surface area contributed by atoms with E-state index in [0.717, 1.165) is 18.2 Å². The second-order valence-electron chi connectivity index (χ2n) is 8.11. The normalized spacial score (nSPS) is 11.1. The number of nitrogens with one attached hydrogen (secondary N) is 2. The number of halogens is 6. The fourth-order valence-electron chi connectivity index (χ4n) is 3.33. The maximum Gasteiger partial charge on any atom is 0.493 e. The number of anilines is 5. The summed E-state index contributed by atoms with van der Waals surface area (Å²) < 4.78 is 68.9. The van der Waals surface area contributed by atoms with Crippen molar-refractivity contribution in [3.63, 3.8) is 0 Å². The third-order valence-electron chi connectivity index (χ3n) is 5.20. The molecule has 4 aromatic rings. The van der Waals surface area contributed by atoms with E-state index >= 15 is 0 Å². The lowest BCUT2D eigenvalue weighted by Gasteiger charge is -2.21. The van der Waals surface area contributed by atoms with Crippen LogP contribution in [0.25, 0.3) is 11.1 Å². The van der Waals surface area contributed by atoms with E-state index in [4.69, 9.17) is 0 Å². The van der Waals surface area contributed by atoms with E-state index in [1.165, 1.54) is 35.3 Å². The zero-order valence-corrected chi connectivity index (χ0v) is 22.3. The van der Waals surface area contributed by atoms with E-state index < -0.39 is 35.4 Å². The zero-order chi connectivity index (χ0) is 29.9. The summed E-state index contributed by atoms with van der Waals surface area (Å²) in [7, 11) is 1.69. The van der Waals surface area contributed by atoms with Crippen LogP contribution in [0.4, 0.5) is 50.8 Å². The Morgan fingerprint density at radius 2 is 1.83 bits per heavy atom. The third-order valence-corrected chi connectivity index (χ3v) is 5.81. The molecule has 16 heteroatoms. The van der Waals surface area contributed by atoms with Gasteiger partial charge >= 0.3 is 12.1 Å². The van der Waals surface area contributed by atoms with Crippen LogP contribution in [0.3, 0.4) is 0 Å². The number of carbonyl (C=O) groups excluding carboxylic acids is 2. The summed E-state index contributed by atoms with van der Waals surface area (Å²) in [6.07, 6.45) is -0.312. The van der Waals surface area contributed by atoms with Crippen LogP contribution in [0.15, 0.2) is 72.1 Å². The van der Waals surface area contributed by atoms with Gasteiger partial charge in [-0.25, -0.2) is 18.6 Å². The van der Waals surface area contributed by atoms with Gasteiger partial charge in [-0.3, -0.25) is 9.48 Å². The molecule has 2 aromatic carbocycles. The first-order valence-corrected chi connectivity index (χ1v) is 12.1. The minimum atomic E-state index is -5.42. The monoisotopic (exact) mass is 637 g/mol. The number of aromatic nitrogens is 4. The highest BCUT2D eigenvalue weighted by molar-refractivity contribution is 9.10. The fourth-order valence-corrected chi connectivity index (χ4v) is 3.71. The van der Waals surface area contributed by atoms with Crippen molar-refractivity contribution in [2.24, 2.45) is 7.05 Å². The van der Waals surface area contributed by atoms with Crippen LogP contribution >= 0.6 is 15.9 Å². The van der Waals surface area contributed by atoms with E-state index in [9.17, 15) is 31.5 Å². The highest BCUT2D eigenvalue weighted by Gasteiger charge is 2.43.